The largest absolute Gasteiger partial charge is 0.395 e. The molecule has 0 fully saturated rings. The molecule has 3 rings (SSSR count). The summed E-state index contributed by atoms with van der Waals surface area (Å²) < 4.78 is 3.28. The summed E-state index contributed by atoms with van der Waals surface area (Å²) in [6.45, 7) is 6.25. The number of halogens is 1. The van der Waals surface area contributed by atoms with Crippen LogP contribution in [0.5, 0.6) is 0 Å². The first-order valence-electron chi connectivity index (χ1n) is 9.54. The van der Waals surface area contributed by atoms with E-state index in [1.54, 1.807) is 20.8 Å². The molecule has 0 atom stereocenters. The Kier molecular flexibility index (Phi) is 6.53. The molecule has 5 nitrogen and oxygen atoms in total. The third-order valence-electron chi connectivity index (χ3n) is 5.25. The molecular weight excluding hydrogens is 394 g/mol. The number of hydrogen-bond donors (Lipinski definition) is 1. The minimum atomic E-state index is -0.148. The Labute approximate surface area is 174 Å². The Morgan fingerprint density at radius 1 is 1.25 bits per heavy atom. The Hall–Kier alpha value is -1.76. The number of benzene rings is 1. The second-order valence-corrected chi connectivity index (χ2v) is 8.15. The molecule has 0 aliphatic rings. The molecule has 0 amide bonds. The van der Waals surface area contributed by atoms with Gasteiger partial charge in [0.05, 0.1) is 18.2 Å². The Bertz CT molecular complexity index is 1050. The SMILES string of the molecule is CCC(CC)c1cc(C)n2nc(-c3ccc(SC)cc3Cl)n(CCO)c(=O)c12. The van der Waals surface area contributed by atoms with Gasteiger partial charge in [0.2, 0.25) is 0 Å². The molecule has 1 aromatic carbocycles. The number of fused-ring (bicyclic) bond motifs is 1. The Balaban J connectivity index is 2.35. The minimum absolute atomic E-state index is 0.140. The van der Waals surface area contributed by atoms with Crippen LogP contribution in [0.4, 0.5) is 0 Å². The number of aliphatic hydroxyl groups excluding tert-OH is 1. The topological polar surface area (TPSA) is 59.5 Å². The van der Waals surface area contributed by atoms with E-state index in [1.807, 2.05) is 31.4 Å². The maximum atomic E-state index is 13.5. The lowest BCUT2D eigenvalue weighted by Crippen LogP contribution is -2.28. The van der Waals surface area contributed by atoms with Crippen LogP contribution in [-0.4, -0.2) is 32.2 Å². The van der Waals surface area contributed by atoms with Crippen molar-refractivity contribution in [2.24, 2.45) is 0 Å². The molecule has 0 spiro atoms. The van der Waals surface area contributed by atoms with Crippen LogP contribution in [0.1, 0.15) is 43.9 Å². The van der Waals surface area contributed by atoms with Crippen LogP contribution in [0.25, 0.3) is 16.9 Å². The first kappa shape index (κ1) is 21.0. The number of hydrogen-bond acceptors (Lipinski definition) is 4. The monoisotopic (exact) mass is 419 g/mol. The van der Waals surface area contributed by atoms with Crippen molar-refractivity contribution in [1.29, 1.82) is 0 Å². The van der Waals surface area contributed by atoms with Crippen LogP contribution < -0.4 is 5.56 Å². The van der Waals surface area contributed by atoms with Gasteiger partial charge in [-0.05, 0) is 61.8 Å². The van der Waals surface area contributed by atoms with Gasteiger partial charge in [0.1, 0.15) is 5.52 Å². The fraction of sp³-hybridized carbons (Fsp3) is 0.429. The molecule has 0 bridgehead atoms. The zero-order valence-electron chi connectivity index (χ0n) is 16.7. The van der Waals surface area contributed by atoms with E-state index in [4.69, 9.17) is 16.7 Å². The molecule has 28 heavy (non-hydrogen) atoms. The molecule has 3 aromatic rings. The van der Waals surface area contributed by atoms with Gasteiger partial charge in [-0.25, -0.2) is 4.52 Å². The standard InChI is InChI=1S/C21H26ClN3O2S/c1-5-14(6-2)17-11-13(3)25-19(17)21(27)24(9-10-26)20(23-25)16-8-7-15(28-4)12-18(16)22/h7-8,11-12,14,26H,5-6,9-10H2,1-4H3. The third-order valence-corrected chi connectivity index (χ3v) is 6.29. The van der Waals surface area contributed by atoms with Gasteiger partial charge in [-0.15, -0.1) is 16.9 Å². The second-order valence-electron chi connectivity index (χ2n) is 6.86. The predicted molar refractivity (Wildman–Crippen MR) is 117 cm³/mol. The lowest BCUT2D eigenvalue weighted by molar-refractivity contribution is 0.274. The molecular formula is C21H26ClN3O2S. The molecule has 0 aliphatic heterocycles. The lowest BCUT2D eigenvalue weighted by Gasteiger charge is -2.16. The summed E-state index contributed by atoms with van der Waals surface area (Å²) in [7, 11) is 0. The number of thioether (sulfide) groups is 1. The van der Waals surface area contributed by atoms with Crippen molar-refractivity contribution in [2.45, 2.75) is 51.0 Å². The number of rotatable bonds is 7. The fourth-order valence-corrected chi connectivity index (χ4v) is 4.49. The van der Waals surface area contributed by atoms with Gasteiger partial charge in [-0.2, -0.15) is 0 Å². The van der Waals surface area contributed by atoms with E-state index >= 15 is 0 Å². The molecule has 2 heterocycles. The highest BCUT2D eigenvalue weighted by molar-refractivity contribution is 7.98. The van der Waals surface area contributed by atoms with Gasteiger partial charge >= 0.3 is 0 Å². The van der Waals surface area contributed by atoms with Crippen LogP contribution in [0.15, 0.2) is 34.0 Å². The molecule has 2 aromatic heterocycles. The molecule has 150 valence electrons. The smallest absolute Gasteiger partial charge is 0.278 e. The van der Waals surface area contributed by atoms with Gasteiger partial charge in [0.25, 0.3) is 5.56 Å². The van der Waals surface area contributed by atoms with Gasteiger partial charge in [0, 0.05) is 16.2 Å². The predicted octanol–water partition coefficient (Wildman–Crippen LogP) is 4.74. The minimum Gasteiger partial charge on any atom is -0.395 e. The average Bonchev–Trinajstić information content (AvgIpc) is 3.01. The normalized spacial score (nSPS) is 11.7. The first-order valence-corrected chi connectivity index (χ1v) is 11.1. The van der Waals surface area contributed by atoms with Crippen molar-refractivity contribution < 1.29 is 5.11 Å². The summed E-state index contributed by atoms with van der Waals surface area (Å²) in [5.41, 5.74) is 3.09. The van der Waals surface area contributed by atoms with Crippen molar-refractivity contribution in [1.82, 2.24) is 14.2 Å². The molecule has 0 aliphatic carbocycles. The van der Waals surface area contributed by atoms with Crippen molar-refractivity contribution in [3.63, 3.8) is 0 Å². The zero-order valence-corrected chi connectivity index (χ0v) is 18.3. The van der Waals surface area contributed by atoms with E-state index in [-0.39, 0.29) is 18.7 Å². The van der Waals surface area contributed by atoms with Gasteiger partial charge in [0.15, 0.2) is 5.82 Å². The Morgan fingerprint density at radius 2 is 1.96 bits per heavy atom. The van der Waals surface area contributed by atoms with Gasteiger partial charge in [-0.3, -0.25) is 9.36 Å². The summed E-state index contributed by atoms with van der Waals surface area (Å²) >= 11 is 8.12. The highest BCUT2D eigenvalue weighted by Crippen LogP contribution is 2.32. The van der Waals surface area contributed by atoms with Crippen molar-refractivity contribution in [2.75, 3.05) is 12.9 Å². The van der Waals surface area contributed by atoms with E-state index in [1.165, 1.54) is 0 Å². The molecule has 0 saturated heterocycles. The Morgan fingerprint density at radius 3 is 2.54 bits per heavy atom. The summed E-state index contributed by atoms with van der Waals surface area (Å²) in [4.78, 5) is 14.5. The van der Waals surface area contributed by atoms with E-state index < -0.39 is 0 Å². The van der Waals surface area contributed by atoms with Crippen molar-refractivity contribution >= 4 is 28.9 Å². The number of aliphatic hydroxyl groups is 1. The summed E-state index contributed by atoms with van der Waals surface area (Å²) in [5, 5.41) is 14.9. The lowest BCUT2D eigenvalue weighted by atomic mass is 9.95. The quantitative estimate of drug-likeness (QED) is 0.562. The highest BCUT2D eigenvalue weighted by atomic mass is 35.5. The molecule has 0 saturated carbocycles. The zero-order chi connectivity index (χ0) is 20.4. The maximum Gasteiger partial charge on any atom is 0.278 e. The average molecular weight is 420 g/mol. The van der Waals surface area contributed by atoms with E-state index in [9.17, 15) is 9.90 Å². The van der Waals surface area contributed by atoms with Crippen LogP contribution >= 0.6 is 23.4 Å². The fourth-order valence-electron chi connectivity index (χ4n) is 3.72. The van der Waals surface area contributed by atoms with Crippen LogP contribution in [0.2, 0.25) is 5.02 Å². The first-order chi connectivity index (χ1) is 13.5. The summed E-state index contributed by atoms with van der Waals surface area (Å²) in [6.07, 6.45) is 3.90. The van der Waals surface area contributed by atoms with Gasteiger partial charge < -0.3 is 5.11 Å². The van der Waals surface area contributed by atoms with E-state index in [0.29, 0.717) is 27.8 Å². The van der Waals surface area contributed by atoms with Crippen LogP contribution in [0.3, 0.4) is 0 Å². The molecule has 1 N–H and O–H groups in total. The summed E-state index contributed by atoms with van der Waals surface area (Å²) in [5.74, 6) is 0.773. The third kappa shape index (κ3) is 3.61. The van der Waals surface area contributed by atoms with Gasteiger partial charge in [-0.1, -0.05) is 25.4 Å². The van der Waals surface area contributed by atoms with Crippen LogP contribution in [0, 0.1) is 6.92 Å². The van der Waals surface area contributed by atoms with Crippen LogP contribution in [-0.2, 0) is 6.54 Å². The number of aryl methyl sites for hydroxylation is 1. The van der Waals surface area contributed by atoms with Crippen molar-refractivity contribution in [3.05, 3.63) is 50.9 Å². The molecule has 0 unspecified atom stereocenters. The number of nitrogens with zero attached hydrogens (tertiary/aromatic N) is 3. The molecule has 0 radical (unpaired) electrons. The maximum absolute atomic E-state index is 13.5. The second kappa shape index (κ2) is 8.72. The van der Waals surface area contributed by atoms with E-state index in [2.05, 4.69) is 19.9 Å². The van der Waals surface area contributed by atoms with E-state index in [0.717, 1.165) is 29.0 Å². The molecule has 7 heteroatoms. The summed E-state index contributed by atoms with van der Waals surface area (Å²) in [6, 6.07) is 7.78. The highest BCUT2D eigenvalue weighted by Gasteiger charge is 2.22. The van der Waals surface area contributed by atoms with Crippen molar-refractivity contribution in [3.8, 4) is 11.4 Å². The number of aromatic nitrogens is 3.